The van der Waals surface area contributed by atoms with E-state index in [0.29, 0.717) is 5.75 Å². The molecule has 1 atom stereocenters. The minimum absolute atomic E-state index is 0.0921. The minimum atomic E-state index is -1.17. The summed E-state index contributed by atoms with van der Waals surface area (Å²) in [6.07, 6.45) is -1.17. The molecule has 29 heavy (non-hydrogen) atoms. The molecule has 10 nitrogen and oxygen atoms in total. The molecule has 2 rings (SSSR count). The topological polar surface area (TPSA) is 126 Å². The monoisotopic (exact) mass is 404 g/mol. The first kappa shape index (κ1) is 21.5. The lowest BCUT2D eigenvalue weighted by atomic mass is 10.2. The largest absolute Gasteiger partial charge is 0.493 e. The van der Waals surface area contributed by atoms with Crippen molar-refractivity contribution in [2.45, 2.75) is 13.0 Å². The summed E-state index contributed by atoms with van der Waals surface area (Å²) in [6.45, 7) is 1.38. The number of methoxy groups -OCH3 is 3. The Labute approximate surface area is 166 Å². The van der Waals surface area contributed by atoms with Gasteiger partial charge in [0.15, 0.2) is 17.6 Å². The first-order valence-electron chi connectivity index (χ1n) is 8.37. The Bertz CT molecular complexity index is 903. The summed E-state index contributed by atoms with van der Waals surface area (Å²) in [5.74, 6) is -0.611. The number of benzene rings is 2. The quantitative estimate of drug-likeness (QED) is 0.404. The zero-order chi connectivity index (χ0) is 21.6. The van der Waals surface area contributed by atoms with E-state index in [1.807, 2.05) is 0 Å². The van der Waals surface area contributed by atoms with E-state index in [9.17, 15) is 19.7 Å². The summed E-state index contributed by atoms with van der Waals surface area (Å²) in [4.78, 5) is 35.0. The van der Waals surface area contributed by atoms with Crippen molar-refractivity contribution in [3.05, 3.63) is 52.1 Å². The number of carbonyl (C=O) groups is 2. The van der Waals surface area contributed by atoms with Gasteiger partial charge in [0.1, 0.15) is 0 Å². The molecule has 1 N–H and O–H groups in total. The van der Waals surface area contributed by atoms with E-state index in [0.717, 1.165) is 0 Å². The van der Waals surface area contributed by atoms with Gasteiger partial charge in [-0.3, -0.25) is 14.9 Å². The van der Waals surface area contributed by atoms with E-state index in [-0.39, 0.29) is 28.4 Å². The molecule has 0 aromatic heterocycles. The Balaban J connectivity index is 2.13. The fourth-order valence-corrected chi connectivity index (χ4v) is 2.42. The number of hydrogen-bond acceptors (Lipinski definition) is 8. The van der Waals surface area contributed by atoms with Gasteiger partial charge in [-0.25, -0.2) is 4.79 Å². The third-order valence-corrected chi connectivity index (χ3v) is 3.88. The van der Waals surface area contributed by atoms with Crippen molar-refractivity contribution in [1.82, 2.24) is 0 Å². The average molecular weight is 404 g/mol. The summed E-state index contributed by atoms with van der Waals surface area (Å²) in [5.41, 5.74) is 0.124. The zero-order valence-corrected chi connectivity index (χ0v) is 16.3. The lowest BCUT2D eigenvalue weighted by molar-refractivity contribution is -0.384. The molecule has 0 spiro atoms. The van der Waals surface area contributed by atoms with Gasteiger partial charge in [-0.05, 0) is 25.1 Å². The predicted molar refractivity (Wildman–Crippen MR) is 103 cm³/mol. The van der Waals surface area contributed by atoms with Crippen LogP contribution in [-0.2, 0) is 9.53 Å². The number of nitro benzene ring substituents is 1. The molecule has 2 aromatic carbocycles. The maximum atomic E-state index is 12.4. The van der Waals surface area contributed by atoms with Crippen molar-refractivity contribution in [3.8, 4) is 17.2 Å². The second-order valence-corrected chi connectivity index (χ2v) is 5.76. The molecule has 10 heteroatoms. The molecule has 0 saturated heterocycles. The van der Waals surface area contributed by atoms with Gasteiger partial charge in [0.25, 0.3) is 11.6 Å². The lowest BCUT2D eigenvalue weighted by Crippen LogP contribution is -2.30. The molecule has 0 aliphatic rings. The molecule has 154 valence electrons. The normalized spacial score (nSPS) is 11.2. The highest BCUT2D eigenvalue weighted by Gasteiger charge is 2.23. The maximum Gasteiger partial charge on any atom is 0.339 e. The summed E-state index contributed by atoms with van der Waals surface area (Å²) < 4.78 is 20.7. The number of esters is 1. The zero-order valence-electron chi connectivity index (χ0n) is 16.3. The summed E-state index contributed by atoms with van der Waals surface area (Å²) in [5, 5.41) is 13.3. The van der Waals surface area contributed by atoms with Gasteiger partial charge < -0.3 is 24.3 Å². The van der Waals surface area contributed by atoms with Crippen molar-refractivity contribution < 1.29 is 33.5 Å². The Morgan fingerprint density at radius 2 is 1.66 bits per heavy atom. The second kappa shape index (κ2) is 9.40. The molecule has 2 aromatic rings. The van der Waals surface area contributed by atoms with Crippen molar-refractivity contribution >= 4 is 23.3 Å². The van der Waals surface area contributed by atoms with E-state index in [1.54, 1.807) is 0 Å². The standard InChI is InChI=1S/C19H20N2O8/c1-11(18(22)20-13-6-5-7-14(10-13)21(24)25)29-19(23)12-8-15(26-2)17(28-4)16(9-12)27-3/h5-11H,1-4H3,(H,20,22)/t11-/m0/s1. The minimum Gasteiger partial charge on any atom is -0.493 e. The van der Waals surface area contributed by atoms with Gasteiger partial charge in [0, 0.05) is 17.8 Å². The molecule has 0 aliphatic carbocycles. The summed E-state index contributed by atoms with van der Waals surface area (Å²) in [7, 11) is 4.24. The molecule has 0 heterocycles. The van der Waals surface area contributed by atoms with Crippen LogP contribution in [0.1, 0.15) is 17.3 Å². The van der Waals surface area contributed by atoms with Crippen LogP contribution in [0.2, 0.25) is 0 Å². The molecule has 1 amide bonds. The van der Waals surface area contributed by atoms with Crippen molar-refractivity contribution in [1.29, 1.82) is 0 Å². The fourth-order valence-electron chi connectivity index (χ4n) is 2.42. The Hall–Kier alpha value is -3.82. The highest BCUT2D eigenvalue weighted by atomic mass is 16.6. The van der Waals surface area contributed by atoms with Crippen LogP contribution in [0.15, 0.2) is 36.4 Å². The number of ether oxygens (including phenoxy) is 4. The van der Waals surface area contributed by atoms with E-state index in [4.69, 9.17) is 18.9 Å². The SMILES string of the molecule is COc1cc(C(=O)O[C@@H](C)C(=O)Nc2cccc([N+](=O)[O-])c2)cc(OC)c1OC. The van der Waals surface area contributed by atoms with Gasteiger partial charge in [0.05, 0.1) is 31.8 Å². The number of amides is 1. The van der Waals surface area contributed by atoms with Crippen molar-refractivity contribution in [2.75, 3.05) is 26.6 Å². The number of nitro groups is 1. The lowest BCUT2D eigenvalue weighted by Gasteiger charge is -2.16. The predicted octanol–water partition coefficient (Wildman–Crippen LogP) is 2.80. The van der Waals surface area contributed by atoms with E-state index in [2.05, 4.69) is 5.32 Å². The molecule has 0 fully saturated rings. The highest BCUT2D eigenvalue weighted by Crippen LogP contribution is 2.38. The number of nitrogens with one attached hydrogen (secondary N) is 1. The molecule has 0 unspecified atom stereocenters. The van der Waals surface area contributed by atoms with Gasteiger partial charge in [0.2, 0.25) is 5.75 Å². The summed E-state index contributed by atoms with van der Waals surface area (Å²) >= 11 is 0. The third kappa shape index (κ3) is 5.12. The number of nitrogens with zero attached hydrogens (tertiary/aromatic N) is 1. The molecule has 0 radical (unpaired) electrons. The van der Waals surface area contributed by atoms with Gasteiger partial charge in [-0.15, -0.1) is 0 Å². The average Bonchev–Trinajstić information content (AvgIpc) is 2.72. The van der Waals surface area contributed by atoms with E-state index in [1.165, 1.54) is 64.7 Å². The first-order chi connectivity index (χ1) is 13.8. The van der Waals surface area contributed by atoms with Crippen LogP contribution in [0.5, 0.6) is 17.2 Å². The van der Waals surface area contributed by atoms with Crippen LogP contribution in [0.3, 0.4) is 0 Å². The third-order valence-electron chi connectivity index (χ3n) is 3.88. The van der Waals surface area contributed by atoms with Crippen LogP contribution in [0, 0.1) is 10.1 Å². The number of non-ortho nitro benzene ring substituents is 1. The first-order valence-corrected chi connectivity index (χ1v) is 8.37. The van der Waals surface area contributed by atoms with Crippen LogP contribution in [0.4, 0.5) is 11.4 Å². The molecule has 0 bridgehead atoms. The second-order valence-electron chi connectivity index (χ2n) is 5.76. The van der Waals surface area contributed by atoms with E-state index >= 15 is 0 Å². The number of rotatable bonds is 8. The Kier molecular flexibility index (Phi) is 6.96. The van der Waals surface area contributed by atoms with Gasteiger partial charge in [-0.2, -0.15) is 0 Å². The number of hydrogen-bond donors (Lipinski definition) is 1. The van der Waals surface area contributed by atoms with Gasteiger partial charge >= 0.3 is 5.97 Å². The molecule has 0 aliphatic heterocycles. The number of carbonyl (C=O) groups excluding carboxylic acids is 2. The molecular weight excluding hydrogens is 384 g/mol. The smallest absolute Gasteiger partial charge is 0.339 e. The Morgan fingerprint density at radius 3 is 2.17 bits per heavy atom. The molecular formula is C19H20N2O8. The maximum absolute atomic E-state index is 12.4. The van der Waals surface area contributed by atoms with Crippen LogP contribution in [-0.4, -0.2) is 44.2 Å². The summed E-state index contributed by atoms with van der Waals surface area (Å²) in [6, 6.07) is 8.21. The Morgan fingerprint density at radius 1 is 1.03 bits per heavy atom. The number of anilines is 1. The van der Waals surface area contributed by atoms with Crippen LogP contribution < -0.4 is 19.5 Å². The van der Waals surface area contributed by atoms with Gasteiger partial charge in [-0.1, -0.05) is 6.07 Å². The van der Waals surface area contributed by atoms with E-state index < -0.39 is 22.9 Å². The van der Waals surface area contributed by atoms with Crippen LogP contribution in [0.25, 0.3) is 0 Å². The van der Waals surface area contributed by atoms with Crippen molar-refractivity contribution in [3.63, 3.8) is 0 Å². The molecule has 0 saturated carbocycles. The van der Waals surface area contributed by atoms with Crippen LogP contribution >= 0.6 is 0 Å². The van der Waals surface area contributed by atoms with Crippen molar-refractivity contribution in [2.24, 2.45) is 0 Å². The highest BCUT2D eigenvalue weighted by molar-refractivity contribution is 5.98. The fraction of sp³-hybridized carbons (Fsp3) is 0.263.